The summed E-state index contributed by atoms with van der Waals surface area (Å²) in [6.07, 6.45) is 3.42. The predicted molar refractivity (Wildman–Crippen MR) is 66.4 cm³/mol. The highest BCUT2D eigenvalue weighted by molar-refractivity contribution is 9.10. The average molecular weight is 292 g/mol. The first-order chi connectivity index (χ1) is 7.19. The summed E-state index contributed by atoms with van der Waals surface area (Å²) in [5, 5.41) is 9.47. The van der Waals surface area contributed by atoms with E-state index in [-0.39, 0.29) is 6.61 Å². The van der Waals surface area contributed by atoms with Crippen molar-refractivity contribution in [2.45, 2.75) is 0 Å². The summed E-state index contributed by atoms with van der Waals surface area (Å²) >= 11 is 9.33. The highest BCUT2D eigenvalue weighted by atomic mass is 79.9. The SMILES string of the molecule is C=CCN(CCO)c1ncc(Br)cc1Cl. The van der Waals surface area contributed by atoms with Crippen LogP contribution < -0.4 is 4.90 Å². The molecule has 3 nitrogen and oxygen atoms in total. The lowest BCUT2D eigenvalue weighted by atomic mass is 10.4. The van der Waals surface area contributed by atoms with Crippen LogP contribution in [0.15, 0.2) is 29.4 Å². The average Bonchev–Trinajstić information content (AvgIpc) is 2.17. The minimum atomic E-state index is 0.0575. The quantitative estimate of drug-likeness (QED) is 0.847. The number of halogens is 2. The van der Waals surface area contributed by atoms with Crippen LogP contribution in [0.4, 0.5) is 5.82 Å². The minimum absolute atomic E-state index is 0.0575. The summed E-state index contributed by atoms with van der Waals surface area (Å²) in [6.45, 7) is 4.80. The van der Waals surface area contributed by atoms with E-state index in [0.29, 0.717) is 23.9 Å². The Labute approximate surface area is 103 Å². The molecule has 0 unspecified atom stereocenters. The van der Waals surface area contributed by atoms with Gasteiger partial charge in [-0.05, 0) is 22.0 Å². The third-order valence-corrected chi connectivity index (χ3v) is 2.52. The molecule has 0 aromatic carbocycles. The van der Waals surface area contributed by atoms with Crippen molar-refractivity contribution < 1.29 is 5.11 Å². The van der Waals surface area contributed by atoms with Crippen molar-refractivity contribution in [3.05, 3.63) is 34.4 Å². The number of aliphatic hydroxyl groups is 1. The Morgan fingerprint density at radius 1 is 1.67 bits per heavy atom. The normalized spacial score (nSPS) is 10.1. The molecule has 0 bridgehead atoms. The number of hydrogen-bond donors (Lipinski definition) is 1. The zero-order valence-electron chi connectivity index (χ0n) is 8.16. The lowest BCUT2D eigenvalue weighted by Crippen LogP contribution is -2.27. The van der Waals surface area contributed by atoms with Crippen LogP contribution in [0.2, 0.25) is 5.02 Å². The fourth-order valence-electron chi connectivity index (χ4n) is 1.20. The number of nitrogens with zero attached hydrogens (tertiary/aromatic N) is 2. The van der Waals surface area contributed by atoms with Crippen LogP contribution in [-0.2, 0) is 0 Å². The number of rotatable bonds is 5. The smallest absolute Gasteiger partial charge is 0.147 e. The number of hydrogen-bond acceptors (Lipinski definition) is 3. The molecule has 0 radical (unpaired) electrons. The Morgan fingerprint density at radius 3 is 2.93 bits per heavy atom. The van der Waals surface area contributed by atoms with Crippen LogP contribution >= 0.6 is 27.5 Å². The fraction of sp³-hybridized carbons (Fsp3) is 0.300. The van der Waals surface area contributed by atoms with Gasteiger partial charge in [0.1, 0.15) is 5.82 Å². The van der Waals surface area contributed by atoms with E-state index in [1.807, 2.05) is 4.90 Å². The Balaban J connectivity index is 2.94. The van der Waals surface area contributed by atoms with Gasteiger partial charge in [-0.2, -0.15) is 0 Å². The first-order valence-electron chi connectivity index (χ1n) is 4.46. The second-order valence-electron chi connectivity index (χ2n) is 2.92. The van der Waals surface area contributed by atoms with Gasteiger partial charge in [-0.1, -0.05) is 17.7 Å². The molecule has 0 amide bonds. The molecule has 82 valence electrons. The van der Waals surface area contributed by atoms with Crippen LogP contribution in [0.5, 0.6) is 0 Å². The highest BCUT2D eigenvalue weighted by Crippen LogP contribution is 2.25. The second-order valence-corrected chi connectivity index (χ2v) is 4.24. The van der Waals surface area contributed by atoms with Gasteiger partial charge in [0.15, 0.2) is 0 Å². The zero-order valence-corrected chi connectivity index (χ0v) is 10.5. The fourth-order valence-corrected chi connectivity index (χ4v) is 1.95. The van der Waals surface area contributed by atoms with E-state index < -0.39 is 0 Å². The molecule has 5 heteroatoms. The van der Waals surface area contributed by atoms with E-state index in [2.05, 4.69) is 27.5 Å². The minimum Gasteiger partial charge on any atom is -0.395 e. The van der Waals surface area contributed by atoms with Crippen molar-refractivity contribution in [1.82, 2.24) is 4.98 Å². The summed E-state index contributed by atoms with van der Waals surface area (Å²) < 4.78 is 0.832. The summed E-state index contributed by atoms with van der Waals surface area (Å²) in [6, 6.07) is 1.78. The van der Waals surface area contributed by atoms with Gasteiger partial charge in [-0.25, -0.2) is 4.98 Å². The van der Waals surface area contributed by atoms with Crippen molar-refractivity contribution in [3.8, 4) is 0 Å². The molecule has 1 aromatic rings. The molecule has 1 heterocycles. The summed E-state index contributed by atoms with van der Waals surface area (Å²) in [5.41, 5.74) is 0. The Morgan fingerprint density at radius 2 is 2.40 bits per heavy atom. The standard InChI is InChI=1S/C10H12BrClN2O/c1-2-3-14(4-5-15)10-9(12)6-8(11)7-13-10/h2,6-7,15H,1,3-5H2. The summed E-state index contributed by atoms with van der Waals surface area (Å²) in [7, 11) is 0. The number of aliphatic hydroxyl groups excluding tert-OH is 1. The van der Waals surface area contributed by atoms with Gasteiger partial charge in [-0.15, -0.1) is 6.58 Å². The molecule has 1 N–H and O–H groups in total. The van der Waals surface area contributed by atoms with Crippen LogP contribution in [-0.4, -0.2) is 29.8 Å². The van der Waals surface area contributed by atoms with E-state index in [4.69, 9.17) is 16.7 Å². The van der Waals surface area contributed by atoms with E-state index in [1.54, 1.807) is 18.3 Å². The lowest BCUT2D eigenvalue weighted by molar-refractivity contribution is 0.302. The van der Waals surface area contributed by atoms with Gasteiger partial charge < -0.3 is 10.0 Å². The topological polar surface area (TPSA) is 36.4 Å². The summed E-state index contributed by atoms with van der Waals surface area (Å²) in [5.74, 6) is 0.661. The molecule has 15 heavy (non-hydrogen) atoms. The number of pyridine rings is 1. The Kier molecular flexibility index (Phi) is 5.08. The molecular formula is C10H12BrClN2O. The maximum atomic E-state index is 8.91. The van der Waals surface area contributed by atoms with Crippen molar-refractivity contribution in [3.63, 3.8) is 0 Å². The predicted octanol–water partition coefficient (Wildman–Crippen LogP) is 2.48. The van der Waals surface area contributed by atoms with Gasteiger partial charge in [0.05, 0.1) is 11.6 Å². The van der Waals surface area contributed by atoms with Crippen molar-refractivity contribution >= 4 is 33.3 Å². The third kappa shape index (κ3) is 3.48. The molecular weight excluding hydrogens is 279 g/mol. The van der Waals surface area contributed by atoms with Crippen LogP contribution in [0, 0.1) is 0 Å². The lowest BCUT2D eigenvalue weighted by Gasteiger charge is -2.21. The highest BCUT2D eigenvalue weighted by Gasteiger charge is 2.10. The van der Waals surface area contributed by atoms with Crippen LogP contribution in [0.1, 0.15) is 0 Å². The van der Waals surface area contributed by atoms with Crippen molar-refractivity contribution in [2.24, 2.45) is 0 Å². The van der Waals surface area contributed by atoms with E-state index in [1.165, 1.54) is 0 Å². The first kappa shape index (κ1) is 12.5. The molecule has 0 atom stereocenters. The van der Waals surface area contributed by atoms with Gasteiger partial charge in [-0.3, -0.25) is 0 Å². The molecule has 0 aliphatic carbocycles. The van der Waals surface area contributed by atoms with Gasteiger partial charge in [0, 0.05) is 23.8 Å². The van der Waals surface area contributed by atoms with Crippen LogP contribution in [0.25, 0.3) is 0 Å². The van der Waals surface area contributed by atoms with Crippen molar-refractivity contribution in [1.29, 1.82) is 0 Å². The molecule has 0 saturated carbocycles. The number of anilines is 1. The molecule has 0 fully saturated rings. The Bertz CT molecular complexity index is 346. The Hall–Kier alpha value is -0.580. The van der Waals surface area contributed by atoms with Gasteiger partial charge in [0.2, 0.25) is 0 Å². The van der Waals surface area contributed by atoms with E-state index >= 15 is 0 Å². The van der Waals surface area contributed by atoms with E-state index in [0.717, 1.165) is 4.47 Å². The third-order valence-electron chi connectivity index (χ3n) is 1.81. The van der Waals surface area contributed by atoms with Crippen LogP contribution in [0.3, 0.4) is 0 Å². The molecule has 0 spiro atoms. The number of aromatic nitrogens is 1. The summed E-state index contributed by atoms with van der Waals surface area (Å²) in [4.78, 5) is 6.07. The second kappa shape index (κ2) is 6.10. The maximum absolute atomic E-state index is 8.91. The largest absolute Gasteiger partial charge is 0.395 e. The first-order valence-corrected chi connectivity index (χ1v) is 5.64. The molecule has 0 aliphatic rings. The maximum Gasteiger partial charge on any atom is 0.147 e. The monoisotopic (exact) mass is 290 g/mol. The van der Waals surface area contributed by atoms with E-state index in [9.17, 15) is 0 Å². The van der Waals surface area contributed by atoms with Gasteiger partial charge in [0.25, 0.3) is 0 Å². The molecule has 1 rings (SSSR count). The molecule has 1 aromatic heterocycles. The molecule has 0 aliphatic heterocycles. The molecule has 0 saturated heterocycles. The van der Waals surface area contributed by atoms with Crippen molar-refractivity contribution in [2.75, 3.05) is 24.6 Å². The zero-order chi connectivity index (χ0) is 11.3. The van der Waals surface area contributed by atoms with Gasteiger partial charge >= 0.3 is 0 Å².